The van der Waals surface area contributed by atoms with Crippen LogP contribution in [0.15, 0.2) is 18.0 Å². The molecule has 4 heteroatoms. The van der Waals surface area contributed by atoms with Crippen LogP contribution in [0.2, 0.25) is 0 Å². The van der Waals surface area contributed by atoms with Crippen molar-refractivity contribution in [3.63, 3.8) is 0 Å². The summed E-state index contributed by atoms with van der Waals surface area (Å²) in [5, 5.41) is 4.05. The molecule has 0 spiro atoms. The van der Waals surface area contributed by atoms with E-state index in [1.165, 1.54) is 25.7 Å². The molecule has 14 heavy (non-hydrogen) atoms. The molecule has 1 aliphatic carbocycles. The molecule has 0 saturated heterocycles. The monoisotopic (exact) mass is 192 g/mol. The zero-order valence-electron chi connectivity index (χ0n) is 8.32. The summed E-state index contributed by atoms with van der Waals surface area (Å²) in [7, 11) is 0. The van der Waals surface area contributed by atoms with Crippen LogP contribution in [0.4, 0.5) is 5.95 Å². The van der Waals surface area contributed by atoms with Crippen molar-refractivity contribution in [3.05, 3.63) is 18.0 Å². The number of allylic oxidation sites excluding steroid dienone is 2. The highest BCUT2D eigenvalue weighted by atomic mass is 15.3. The molecule has 0 unspecified atom stereocenters. The molecular formula is C10H16N4. The number of anilines is 1. The Balaban J connectivity index is 1.84. The van der Waals surface area contributed by atoms with Gasteiger partial charge in [-0.15, -0.1) is 5.10 Å². The summed E-state index contributed by atoms with van der Waals surface area (Å²) < 4.78 is 1.81. The fourth-order valence-corrected chi connectivity index (χ4v) is 1.81. The lowest BCUT2D eigenvalue weighted by atomic mass is 9.97. The van der Waals surface area contributed by atoms with E-state index in [-0.39, 0.29) is 0 Å². The van der Waals surface area contributed by atoms with Crippen molar-refractivity contribution in [1.82, 2.24) is 14.8 Å². The minimum atomic E-state index is 0.364. The smallest absolute Gasteiger partial charge is 0.239 e. The number of aromatic nitrogens is 3. The first-order valence-corrected chi connectivity index (χ1v) is 5.17. The molecular weight excluding hydrogens is 176 g/mol. The van der Waals surface area contributed by atoms with Gasteiger partial charge in [0.05, 0.1) is 0 Å². The lowest BCUT2D eigenvalue weighted by Gasteiger charge is -2.11. The van der Waals surface area contributed by atoms with Crippen molar-refractivity contribution in [2.75, 3.05) is 5.73 Å². The molecule has 1 aromatic heterocycles. The predicted octanol–water partition coefficient (Wildman–Crippen LogP) is 1.75. The number of nitrogen functional groups attached to an aromatic ring is 1. The molecule has 0 aliphatic heterocycles. The van der Waals surface area contributed by atoms with E-state index in [1.807, 2.05) is 4.68 Å². The maximum atomic E-state index is 5.43. The fraction of sp³-hybridized carbons (Fsp3) is 0.600. The van der Waals surface area contributed by atoms with Gasteiger partial charge in [0.15, 0.2) is 0 Å². The van der Waals surface area contributed by atoms with Gasteiger partial charge in [0.2, 0.25) is 5.95 Å². The third-order valence-electron chi connectivity index (χ3n) is 2.60. The lowest BCUT2D eigenvalue weighted by Crippen LogP contribution is -2.02. The Morgan fingerprint density at radius 2 is 2.36 bits per heavy atom. The zero-order valence-corrected chi connectivity index (χ0v) is 8.32. The average Bonchev–Trinajstić information content (AvgIpc) is 2.63. The van der Waals surface area contributed by atoms with E-state index in [2.05, 4.69) is 16.2 Å². The normalized spacial score (nSPS) is 16.7. The number of nitrogens with two attached hydrogens (primary N) is 1. The second-order valence-corrected chi connectivity index (χ2v) is 3.72. The molecule has 1 heterocycles. The second kappa shape index (κ2) is 4.26. The van der Waals surface area contributed by atoms with E-state index >= 15 is 0 Å². The molecule has 4 nitrogen and oxygen atoms in total. The van der Waals surface area contributed by atoms with Gasteiger partial charge in [-0.2, -0.15) is 0 Å². The van der Waals surface area contributed by atoms with Crippen LogP contribution in [0, 0.1) is 0 Å². The largest absolute Gasteiger partial charge is 0.367 e. The van der Waals surface area contributed by atoms with Gasteiger partial charge in [-0.1, -0.05) is 11.6 Å². The Bertz CT molecular complexity index is 327. The summed E-state index contributed by atoms with van der Waals surface area (Å²) in [6.07, 6.45) is 10.3. The Labute approximate surface area is 83.8 Å². The van der Waals surface area contributed by atoms with Gasteiger partial charge in [-0.3, -0.25) is 4.68 Å². The van der Waals surface area contributed by atoms with Crippen molar-refractivity contribution in [2.24, 2.45) is 0 Å². The summed E-state index contributed by atoms with van der Waals surface area (Å²) in [4.78, 5) is 3.89. The average molecular weight is 192 g/mol. The first-order chi connectivity index (χ1) is 6.84. The molecule has 0 atom stereocenters. The number of hydrogen-bond donors (Lipinski definition) is 1. The van der Waals surface area contributed by atoms with Gasteiger partial charge in [0.1, 0.15) is 6.33 Å². The number of nitrogens with zero attached hydrogens (tertiary/aromatic N) is 3. The second-order valence-electron chi connectivity index (χ2n) is 3.72. The lowest BCUT2D eigenvalue weighted by molar-refractivity contribution is 0.582. The van der Waals surface area contributed by atoms with Crippen molar-refractivity contribution >= 4 is 5.95 Å². The van der Waals surface area contributed by atoms with Crippen LogP contribution in [0.3, 0.4) is 0 Å². The van der Waals surface area contributed by atoms with Gasteiger partial charge in [-0.05, 0) is 32.1 Å². The standard InChI is InChI=1S/C10H16N4/c11-10-12-8-14(13-10)7-6-9-4-2-1-3-5-9/h4,8H,1-3,5-7H2,(H2,11,13). The summed E-state index contributed by atoms with van der Waals surface area (Å²) in [6.45, 7) is 0.899. The van der Waals surface area contributed by atoms with Crippen LogP contribution in [0.5, 0.6) is 0 Å². The highest BCUT2D eigenvalue weighted by Gasteiger charge is 2.04. The number of aryl methyl sites for hydroxylation is 1. The topological polar surface area (TPSA) is 56.7 Å². The van der Waals surface area contributed by atoms with Crippen molar-refractivity contribution in [2.45, 2.75) is 38.6 Å². The molecule has 2 N–H and O–H groups in total. The van der Waals surface area contributed by atoms with Crippen LogP contribution in [-0.4, -0.2) is 14.8 Å². The molecule has 1 aliphatic rings. The Morgan fingerprint density at radius 1 is 1.43 bits per heavy atom. The van der Waals surface area contributed by atoms with E-state index in [0.29, 0.717) is 5.95 Å². The van der Waals surface area contributed by atoms with Gasteiger partial charge < -0.3 is 5.73 Å². The molecule has 0 bridgehead atoms. The van der Waals surface area contributed by atoms with Crippen LogP contribution < -0.4 is 5.73 Å². The van der Waals surface area contributed by atoms with E-state index in [9.17, 15) is 0 Å². The van der Waals surface area contributed by atoms with E-state index in [4.69, 9.17) is 5.73 Å². The van der Waals surface area contributed by atoms with E-state index < -0.39 is 0 Å². The van der Waals surface area contributed by atoms with Crippen molar-refractivity contribution < 1.29 is 0 Å². The third kappa shape index (κ3) is 2.34. The first kappa shape index (κ1) is 9.24. The Kier molecular flexibility index (Phi) is 2.81. The Morgan fingerprint density at radius 3 is 3.00 bits per heavy atom. The molecule has 0 saturated carbocycles. The van der Waals surface area contributed by atoms with Crippen LogP contribution >= 0.6 is 0 Å². The molecule has 0 amide bonds. The fourth-order valence-electron chi connectivity index (χ4n) is 1.81. The number of rotatable bonds is 3. The summed E-state index contributed by atoms with van der Waals surface area (Å²) >= 11 is 0. The molecule has 0 fully saturated rings. The molecule has 2 rings (SSSR count). The maximum absolute atomic E-state index is 5.43. The van der Waals surface area contributed by atoms with Crippen molar-refractivity contribution in [3.8, 4) is 0 Å². The van der Waals surface area contributed by atoms with Gasteiger partial charge in [0.25, 0.3) is 0 Å². The summed E-state index contributed by atoms with van der Waals surface area (Å²) in [5.74, 6) is 0.364. The molecule has 0 radical (unpaired) electrons. The predicted molar refractivity (Wildman–Crippen MR) is 55.6 cm³/mol. The highest BCUT2D eigenvalue weighted by molar-refractivity contribution is 5.09. The minimum Gasteiger partial charge on any atom is -0.367 e. The van der Waals surface area contributed by atoms with E-state index in [1.54, 1.807) is 11.9 Å². The van der Waals surface area contributed by atoms with Crippen LogP contribution in [0.1, 0.15) is 32.1 Å². The SMILES string of the molecule is Nc1ncn(CCC2=CCCCC2)n1. The van der Waals surface area contributed by atoms with Crippen LogP contribution in [0.25, 0.3) is 0 Å². The third-order valence-corrected chi connectivity index (χ3v) is 2.60. The molecule has 0 aromatic carbocycles. The quantitative estimate of drug-likeness (QED) is 0.742. The summed E-state index contributed by atoms with van der Waals surface area (Å²) in [6, 6.07) is 0. The van der Waals surface area contributed by atoms with E-state index in [0.717, 1.165) is 13.0 Å². The van der Waals surface area contributed by atoms with Crippen LogP contribution in [-0.2, 0) is 6.54 Å². The first-order valence-electron chi connectivity index (χ1n) is 5.17. The van der Waals surface area contributed by atoms with Crippen molar-refractivity contribution in [1.29, 1.82) is 0 Å². The highest BCUT2D eigenvalue weighted by Crippen LogP contribution is 2.20. The van der Waals surface area contributed by atoms with Gasteiger partial charge in [0, 0.05) is 6.54 Å². The Hall–Kier alpha value is -1.32. The number of hydrogen-bond acceptors (Lipinski definition) is 3. The minimum absolute atomic E-state index is 0.364. The molecule has 1 aromatic rings. The zero-order chi connectivity index (χ0) is 9.80. The molecule has 76 valence electrons. The summed E-state index contributed by atoms with van der Waals surface area (Å²) in [5.41, 5.74) is 6.99. The maximum Gasteiger partial charge on any atom is 0.239 e. The van der Waals surface area contributed by atoms with Gasteiger partial charge >= 0.3 is 0 Å². The van der Waals surface area contributed by atoms with Gasteiger partial charge in [-0.25, -0.2) is 4.98 Å².